The molecule has 0 saturated heterocycles. The number of aromatic nitrogens is 3. The fourth-order valence-electron chi connectivity index (χ4n) is 3.27. The summed E-state index contributed by atoms with van der Waals surface area (Å²) in [6, 6.07) is 2.40. The van der Waals surface area contributed by atoms with Crippen molar-refractivity contribution in [3.8, 4) is 0 Å². The fraction of sp³-hybridized carbons (Fsp3) is 0.650. The third kappa shape index (κ3) is 4.61. The Morgan fingerprint density at radius 2 is 1.81 bits per heavy atom. The molecule has 0 atom stereocenters. The molecule has 2 aromatic rings. The number of hydrogen-bond acceptors (Lipinski definition) is 6. The molecule has 1 fully saturated rings. The highest BCUT2D eigenvalue weighted by Crippen LogP contribution is 2.28. The molecule has 0 spiro atoms. The zero-order chi connectivity index (χ0) is 18.9. The van der Waals surface area contributed by atoms with E-state index in [9.17, 15) is 5.11 Å². The quantitative estimate of drug-likeness (QED) is 0.765. The monoisotopic (exact) mass is 357 g/mol. The number of rotatable bonds is 4. The molecule has 0 aliphatic heterocycles. The number of hydrogen-bond donors (Lipinski definition) is 3. The van der Waals surface area contributed by atoms with Crippen LogP contribution in [0.5, 0.6) is 0 Å². The van der Waals surface area contributed by atoms with Crippen molar-refractivity contribution in [2.45, 2.75) is 83.9 Å². The summed E-state index contributed by atoms with van der Waals surface area (Å²) in [6.45, 7) is 10.6. The lowest BCUT2D eigenvalue weighted by Crippen LogP contribution is -2.29. The molecular weight excluding hydrogens is 326 g/mol. The van der Waals surface area contributed by atoms with E-state index < -0.39 is 0 Å². The van der Waals surface area contributed by atoms with Crippen LogP contribution in [0.4, 0.5) is 11.8 Å². The van der Waals surface area contributed by atoms with Gasteiger partial charge in [-0.3, -0.25) is 0 Å². The van der Waals surface area contributed by atoms with Gasteiger partial charge in [0.15, 0.2) is 5.82 Å². The molecule has 142 valence electrons. The summed E-state index contributed by atoms with van der Waals surface area (Å²) in [4.78, 5) is 14.1. The van der Waals surface area contributed by atoms with E-state index in [-0.39, 0.29) is 11.6 Å². The molecule has 1 aliphatic carbocycles. The van der Waals surface area contributed by atoms with Gasteiger partial charge in [-0.25, -0.2) is 15.0 Å². The summed E-state index contributed by atoms with van der Waals surface area (Å²) < 4.78 is 0. The van der Waals surface area contributed by atoms with Crippen LogP contribution in [0, 0.1) is 0 Å². The second-order valence-electron chi connectivity index (χ2n) is 8.71. The first kappa shape index (κ1) is 18.8. The van der Waals surface area contributed by atoms with Crippen LogP contribution in [0.25, 0.3) is 10.9 Å². The van der Waals surface area contributed by atoms with Crippen LogP contribution in [0.15, 0.2) is 12.3 Å². The zero-order valence-electron chi connectivity index (χ0n) is 16.5. The van der Waals surface area contributed by atoms with Crippen LogP contribution in [0.3, 0.4) is 0 Å². The molecule has 0 unspecified atom stereocenters. The fourth-order valence-corrected chi connectivity index (χ4v) is 3.27. The Hall–Kier alpha value is -1.95. The highest BCUT2D eigenvalue weighted by molar-refractivity contribution is 5.89. The molecular formula is C20H31N5O. The van der Waals surface area contributed by atoms with Crippen molar-refractivity contribution in [3.63, 3.8) is 0 Å². The van der Waals surface area contributed by atoms with Gasteiger partial charge in [-0.1, -0.05) is 13.8 Å². The number of pyridine rings is 1. The molecule has 1 aliphatic rings. The van der Waals surface area contributed by atoms with Gasteiger partial charge in [-0.2, -0.15) is 0 Å². The third-order valence-electron chi connectivity index (χ3n) is 4.70. The number of aliphatic hydroxyl groups is 1. The molecule has 1 saturated carbocycles. The molecule has 3 N–H and O–H groups in total. The van der Waals surface area contributed by atoms with E-state index in [1.807, 2.05) is 6.20 Å². The first-order valence-corrected chi connectivity index (χ1v) is 9.62. The first-order chi connectivity index (χ1) is 12.2. The standard InChI is InChI=1S/C20H31N5O/c1-12(2)16-10-13-11-21-19(22-14-6-8-15(26)9-7-14)24-17(13)18(23-16)25-20(3,4)5/h10-12,14-15,26H,6-9H2,1-5H3,(H,23,25)(H,21,22,24). The molecule has 0 aromatic carbocycles. The number of fused-ring (bicyclic) bond motifs is 1. The van der Waals surface area contributed by atoms with Gasteiger partial charge in [-0.05, 0) is 58.4 Å². The van der Waals surface area contributed by atoms with E-state index in [1.165, 1.54) is 0 Å². The molecule has 2 aromatic heterocycles. The Morgan fingerprint density at radius 1 is 1.12 bits per heavy atom. The average molecular weight is 358 g/mol. The van der Waals surface area contributed by atoms with Gasteiger partial charge in [0.1, 0.15) is 5.52 Å². The average Bonchev–Trinajstić information content (AvgIpc) is 2.55. The Morgan fingerprint density at radius 3 is 2.42 bits per heavy atom. The summed E-state index contributed by atoms with van der Waals surface area (Å²) in [6.07, 6.45) is 5.28. The lowest BCUT2D eigenvalue weighted by molar-refractivity contribution is 0.126. The van der Waals surface area contributed by atoms with E-state index in [1.54, 1.807) is 0 Å². The predicted molar refractivity (Wildman–Crippen MR) is 107 cm³/mol. The molecule has 6 nitrogen and oxygen atoms in total. The maximum Gasteiger partial charge on any atom is 0.223 e. The van der Waals surface area contributed by atoms with Crippen molar-refractivity contribution in [1.82, 2.24) is 15.0 Å². The van der Waals surface area contributed by atoms with E-state index in [0.717, 1.165) is 48.1 Å². The maximum absolute atomic E-state index is 9.67. The van der Waals surface area contributed by atoms with Crippen LogP contribution in [-0.2, 0) is 0 Å². The van der Waals surface area contributed by atoms with E-state index in [2.05, 4.69) is 56.3 Å². The smallest absolute Gasteiger partial charge is 0.223 e. The highest BCUT2D eigenvalue weighted by atomic mass is 16.3. The Bertz CT molecular complexity index is 761. The van der Waals surface area contributed by atoms with E-state index in [4.69, 9.17) is 9.97 Å². The molecule has 0 amide bonds. The van der Waals surface area contributed by atoms with Crippen molar-refractivity contribution in [2.24, 2.45) is 0 Å². The van der Waals surface area contributed by atoms with Crippen molar-refractivity contribution in [1.29, 1.82) is 0 Å². The van der Waals surface area contributed by atoms with Gasteiger partial charge < -0.3 is 15.7 Å². The van der Waals surface area contributed by atoms with Gasteiger partial charge >= 0.3 is 0 Å². The summed E-state index contributed by atoms with van der Waals surface area (Å²) in [5.41, 5.74) is 1.78. The van der Waals surface area contributed by atoms with Crippen LogP contribution in [0.2, 0.25) is 0 Å². The molecule has 2 heterocycles. The van der Waals surface area contributed by atoms with Gasteiger partial charge in [-0.15, -0.1) is 0 Å². The van der Waals surface area contributed by atoms with E-state index in [0.29, 0.717) is 17.9 Å². The topological polar surface area (TPSA) is 83.0 Å². The van der Waals surface area contributed by atoms with Crippen LogP contribution in [0.1, 0.15) is 71.9 Å². The lowest BCUT2D eigenvalue weighted by atomic mass is 9.93. The minimum absolute atomic E-state index is 0.104. The second-order valence-corrected chi connectivity index (χ2v) is 8.71. The minimum atomic E-state index is -0.160. The molecule has 0 bridgehead atoms. The summed E-state index contributed by atoms with van der Waals surface area (Å²) in [5.74, 6) is 1.78. The Labute approximate surface area is 155 Å². The number of nitrogens with zero attached hydrogens (tertiary/aromatic N) is 3. The number of aliphatic hydroxyl groups excluding tert-OH is 1. The van der Waals surface area contributed by atoms with Crippen molar-refractivity contribution >= 4 is 22.7 Å². The van der Waals surface area contributed by atoms with Crippen molar-refractivity contribution in [2.75, 3.05) is 10.6 Å². The summed E-state index contributed by atoms with van der Waals surface area (Å²) >= 11 is 0. The number of nitrogens with one attached hydrogen (secondary N) is 2. The molecule has 3 rings (SSSR count). The predicted octanol–water partition coefficient (Wildman–Crippen LogP) is 4.07. The van der Waals surface area contributed by atoms with Gasteiger partial charge in [0, 0.05) is 28.9 Å². The van der Waals surface area contributed by atoms with Gasteiger partial charge in [0.25, 0.3) is 0 Å². The van der Waals surface area contributed by atoms with Gasteiger partial charge in [0.05, 0.1) is 6.10 Å². The van der Waals surface area contributed by atoms with Crippen LogP contribution < -0.4 is 10.6 Å². The second kappa shape index (κ2) is 7.35. The third-order valence-corrected chi connectivity index (χ3v) is 4.70. The molecule has 6 heteroatoms. The lowest BCUT2D eigenvalue weighted by Gasteiger charge is -2.26. The summed E-state index contributed by atoms with van der Waals surface area (Å²) in [5, 5.41) is 17.6. The Kier molecular flexibility index (Phi) is 5.32. The molecule has 26 heavy (non-hydrogen) atoms. The molecule has 0 radical (unpaired) electrons. The highest BCUT2D eigenvalue weighted by Gasteiger charge is 2.21. The van der Waals surface area contributed by atoms with Crippen molar-refractivity contribution < 1.29 is 5.11 Å². The van der Waals surface area contributed by atoms with Gasteiger partial charge in [0.2, 0.25) is 5.95 Å². The largest absolute Gasteiger partial charge is 0.393 e. The first-order valence-electron chi connectivity index (χ1n) is 9.62. The zero-order valence-corrected chi connectivity index (χ0v) is 16.5. The van der Waals surface area contributed by atoms with E-state index >= 15 is 0 Å². The number of anilines is 2. The normalized spacial score (nSPS) is 21.2. The van der Waals surface area contributed by atoms with Crippen LogP contribution >= 0.6 is 0 Å². The Balaban J connectivity index is 1.93. The van der Waals surface area contributed by atoms with Crippen molar-refractivity contribution in [3.05, 3.63) is 18.0 Å². The minimum Gasteiger partial charge on any atom is -0.393 e. The maximum atomic E-state index is 9.67. The van der Waals surface area contributed by atoms with Crippen LogP contribution in [-0.4, -0.2) is 37.7 Å². The summed E-state index contributed by atoms with van der Waals surface area (Å²) in [7, 11) is 0. The SMILES string of the molecule is CC(C)c1cc2cnc(NC3CCC(O)CC3)nc2c(NC(C)(C)C)n1.